The molecule has 1 saturated carbocycles. The van der Waals surface area contributed by atoms with E-state index in [0.717, 1.165) is 41.3 Å². The van der Waals surface area contributed by atoms with E-state index in [1.807, 2.05) is 13.0 Å². The van der Waals surface area contributed by atoms with Crippen LogP contribution in [0.3, 0.4) is 0 Å². The lowest BCUT2D eigenvalue weighted by molar-refractivity contribution is -0.115. The number of aryl methyl sites for hydroxylation is 1. The Balaban J connectivity index is 1.44. The molecule has 3 N–H and O–H groups in total. The topological polar surface area (TPSA) is 109 Å². The maximum absolute atomic E-state index is 12.2. The van der Waals surface area contributed by atoms with Crippen LogP contribution in [0.4, 0.5) is 10.6 Å². The summed E-state index contributed by atoms with van der Waals surface area (Å²) < 4.78 is 5.54. The minimum Gasteiger partial charge on any atom is -0.446 e. The summed E-state index contributed by atoms with van der Waals surface area (Å²) >= 11 is 1.52. The van der Waals surface area contributed by atoms with E-state index in [9.17, 15) is 9.59 Å². The number of ether oxygens (including phenoxy) is 1. The zero-order chi connectivity index (χ0) is 20.8. The average Bonchev–Trinajstić information content (AvgIpc) is 3.41. The quantitative estimate of drug-likeness (QED) is 0.603. The number of carbonyl (C=O) groups is 2. The number of amides is 2. The number of anilines is 1. The van der Waals surface area contributed by atoms with E-state index >= 15 is 0 Å². The Morgan fingerprint density at radius 2 is 2.24 bits per heavy atom. The maximum atomic E-state index is 12.2. The lowest BCUT2D eigenvalue weighted by atomic mass is 10.0. The summed E-state index contributed by atoms with van der Waals surface area (Å²) in [5.41, 5.74) is 0.958. The van der Waals surface area contributed by atoms with Gasteiger partial charge < -0.3 is 15.4 Å². The van der Waals surface area contributed by atoms with Gasteiger partial charge in [-0.05, 0) is 32.1 Å². The predicted molar refractivity (Wildman–Crippen MR) is 112 cm³/mol. The third-order valence-electron chi connectivity index (χ3n) is 5.26. The summed E-state index contributed by atoms with van der Waals surface area (Å²) in [7, 11) is 0. The summed E-state index contributed by atoms with van der Waals surface area (Å²) in [6, 6.07) is 1.87. The van der Waals surface area contributed by atoms with Crippen LogP contribution in [0, 0.1) is 12.8 Å². The molecule has 0 bridgehead atoms. The number of thiazole rings is 1. The molecule has 3 rings (SSSR count). The van der Waals surface area contributed by atoms with Crippen molar-refractivity contribution in [2.75, 3.05) is 11.9 Å². The van der Waals surface area contributed by atoms with Crippen molar-refractivity contribution < 1.29 is 14.3 Å². The van der Waals surface area contributed by atoms with Crippen LogP contribution < -0.4 is 10.6 Å². The molecule has 2 unspecified atom stereocenters. The number of nitrogens with one attached hydrogen (secondary N) is 3. The number of nitrogens with zero attached hydrogens (tertiary/aromatic N) is 2. The predicted octanol–water partition coefficient (Wildman–Crippen LogP) is 3.76. The number of hydrogen-bond acceptors (Lipinski definition) is 6. The largest absolute Gasteiger partial charge is 0.446 e. The Kier molecular flexibility index (Phi) is 7.24. The molecule has 0 radical (unpaired) electrons. The van der Waals surface area contributed by atoms with Gasteiger partial charge in [0.05, 0.1) is 11.4 Å². The SMILES string of the molecule is CC[C@H](C)CNC(=O)OC1CCC(c2cc(NC(=O)Cc3cnc(C)s3)n[nH]2)C1. The highest BCUT2D eigenvalue weighted by Crippen LogP contribution is 2.35. The van der Waals surface area contributed by atoms with E-state index < -0.39 is 0 Å². The zero-order valence-corrected chi connectivity index (χ0v) is 18.0. The smallest absolute Gasteiger partial charge is 0.407 e. The van der Waals surface area contributed by atoms with Crippen LogP contribution in [0.2, 0.25) is 0 Å². The standard InChI is InChI=1S/C20H29N5O3S/c1-4-12(2)10-22-20(27)28-15-6-5-14(7-15)17-9-18(25-24-17)23-19(26)8-16-11-21-13(3)29-16/h9,11-12,14-15H,4-8,10H2,1-3H3,(H,22,27)(H2,23,24,25,26)/t12-,14?,15?/m0/s1. The Morgan fingerprint density at radius 1 is 1.41 bits per heavy atom. The summed E-state index contributed by atoms with van der Waals surface area (Å²) in [6.07, 6.45) is 5.11. The second kappa shape index (κ2) is 9.87. The van der Waals surface area contributed by atoms with Gasteiger partial charge in [-0.25, -0.2) is 9.78 Å². The molecule has 0 aromatic carbocycles. The van der Waals surface area contributed by atoms with Crippen molar-refractivity contribution in [1.82, 2.24) is 20.5 Å². The molecular formula is C20H29N5O3S. The molecule has 2 heterocycles. The van der Waals surface area contributed by atoms with Gasteiger partial charge in [0, 0.05) is 35.3 Å². The van der Waals surface area contributed by atoms with Crippen LogP contribution in [0.5, 0.6) is 0 Å². The molecule has 0 aliphatic heterocycles. The lowest BCUT2D eigenvalue weighted by Gasteiger charge is -2.15. The fraction of sp³-hybridized carbons (Fsp3) is 0.600. The van der Waals surface area contributed by atoms with Crippen molar-refractivity contribution in [2.24, 2.45) is 5.92 Å². The van der Waals surface area contributed by atoms with E-state index in [-0.39, 0.29) is 24.0 Å². The van der Waals surface area contributed by atoms with Crippen LogP contribution in [-0.4, -0.2) is 39.8 Å². The van der Waals surface area contributed by atoms with E-state index in [1.54, 1.807) is 6.20 Å². The number of aromatic amines is 1. The molecule has 0 spiro atoms. The van der Waals surface area contributed by atoms with Gasteiger partial charge in [-0.2, -0.15) is 5.10 Å². The third kappa shape index (κ3) is 6.28. The molecule has 1 aliphatic carbocycles. The minimum absolute atomic E-state index is 0.0900. The summed E-state index contributed by atoms with van der Waals surface area (Å²) in [5, 5.41) is 13.8. The fourth-order valence-electron chi connectivity index (χ4n) is 3.37. The first-order chi connectivity index (χ1) is 13.9. The van der Waals surface area contributed by atoms with Crippen LogP contribution in [0.1, 0.15) is 61.0 Å². The van der Waals surface area contributed by atoms with Gasteiger partial charge in [0.25, 0.3) is 0 Å². The van der Waals surface area contributed by atoms with Gasteiger partial charge in [-0.3, -0.25) is 9.89 Å². The Hall–Kier alpha value is -2.42. The monoisotopic (exact) mass is 419 g/mol. The second-order valence-electron chi connectivity index (χ2n) is 7.71. The fourth-order valence-corrected chi connectivity index (χ4v) is 4.16. The molecule has 2 aromatic heterocycles. The van der Waals surface area contributed by atoms with E-state index in [1.165, 1.54) is 11.3 Å². The van der Waals surface area contributed by atoms with Crippen molar-refractivity contribution >= 4 is 29.2 Å². The molecule has 9 heteroatoms. The minimum atomic E-state index is -0.341. The van der Waals surface area contributed by atoms with E-state index in [0.29, 0.717) is 24.7 Å². The Morgan fingerprint density at radius 3 is 2.97 bits per heavy atom. The molecule has 3 atom stereocenters. The number of rotatable bonds is 8. The number of alkyl carbamates (subject to hydrolysis) is 1. The molecule has 2 amide bonds. The zero-order valence-electron chi connectivity index (χ0n) is 17.2. The Bertz CT molecular complexity index is 834. The van der Waals surface area contributed by atoms with Gasteiger partial charge in [-0.15, -0.1) is 11.3 Å². The van der Waals surface area contributed by atoms with Crippen molar-refractivity contribution in [2.45, 2.75) is 64.9 Å². The molecule has 158 valence electrons. The van der Waals surface area contributed by atoms with Gasteiger partial charge in [0.2, 0.25) is 5.91 Å². The molecule has 29 heavy (non-hydrogen) atoms. The van der Waals surface area contributed by atoms with E-state index in [2.05, 4.69) is 39.7 Å². The molecule has 2 aromatic rings. The molecule has 8 nitrogen and oxygen atoms in total. The highest BCUT2D eigenvalue weighted by atomic mass is 32.1. The number of aromatic nitrogens is 3. The Labute approximate surface area is 174 Å². The number of H-pyrrole nitrogens is 1. The first-order valence-electron chi connectivity index (χ1n) is 10.1. The van der Waals surface area contributed by atoms with Crippen LogP contribution in [-0.2, 0) is 16.0 Å². The maximum Gasteiger partial charge on any atom is 0.407 e. The van der Waals surface area contributed by atoms with Gasteiger partial charge in [0.1, 0.15) is 6.10 Å². The van der Waals surface area contributed by atoms with Crippen LogP contribution >= 0.6 is 11.3 Å². The van der Waals surface area contributed by atoms with Gasteiger partial charge in [-0.1, -0.05) is 20.3 Å². The molecule has 1 aliphatic rings. The summed E-state index contributed by atoms with van der Waals surface area (Å²) in [4.78, 5) is 29.2. The number of hydrogen-bond donors (Lipinski definition) is 3. The summed E-state index contributed by atoms with van der Waals surface area (Å²) in [6.45, 7) is 6.75. The normalized spacial score (nSPS) is 19.7. The first-order valence-corrected chi connectivity index (χ1v) is 11.0. The van der Waals surface area contributed by atoms with Gasteiger partial charge in [0.15, 0.2) is 5.82 Å². The van der Waals surface area contributed by atoms with Crippen molar-refractivity contribution in [1.29, 1.82) is 0 Å². The van der Waals surface area contributed by atoms with Crippen molar-refractivity contribution in [3.63, 3.8) is 0 Å². The van der Waals surface area contributed by atoms with Crippen LogP contribution in [0.25, 0.3) is 0 Å². The van der Waals surface area contributed by atoms with Gasteiger partial charge >= 0.3 is 6.09 Å². The number of carbonyl (C=O) groups excluding carboxylic acids is 2. The molecule has 0 saturated heterocycles. The first kappa shape index (κ1) is 21.3. The third-order valence-corrected chi connectivity index (χ3v) is 6.17. The summed E-state index contributed by atoms with van der Waals surface area (Å²) in [5.74, 6) is 1.08. The van der Waals surface area contributed by atoms with Crippen LogP contribution in [0.15, 0.2) is 12.3 Å². The van der Waals surface area contributed by atoms with Crippen molar-refractivity contribution in [3.8, 4) is 0 Å². The average molecular weight is 420 g/mol. The highest BCUT2D eigenvalue weighted by Gasteiger charge is 2.30. The van der Waals surface area contributed by atoms with Crippen molar-refractivity contribution in [3.05, 3.63) is 27.8 Å². The highest BCUT2D eigenvalue weighted by molar-refractivity contribution is 7.11. The lowest BCUT2D eigenvalue weighted by Crippen LogP contribution is -2.31. The second-order valence-corrected chi connectivity index (χ2v) is 9.03. The molecule has 1 fully saturated rings. The molecular weight excluding hydrogens is 390 g/mol. The van der Waals surface area contributed by atoms with E-state index in [4.69, 9.17) is 4.74 Å².